The molecule has 1 aromatic carbocycles. The number of carbonyl (C=O) groups excluding carboxylic acids is 1. The fraction of sp³-hybridized carbons (Fsp3) is 0.500. The zero-order chi connectivity index (χ0) is 19.6. The van der Waals surface area contributed by atoms with E-state index in [0.717, 1.165) is 6.07 Å². The largest absolute Gasteiger partial charge is 0.416 e. The second-order valence-electron chi connectivity index (χ2n) is 6.62. The molecule has 146 valence electrons. The molecule has 1 aromatic heterocycles. The lowest BCUT2D eigenvalue weighted by atomic mass is 9.95. The monoisotopic (exact) mass is 382 g/mol. The van der Waals surface area contributed by atoms with Crippen molar-refractivity contribution in [3.63, 3.8) is 0 Å². The second-order valence-corrected chi connectivity index (χ2v) is 6.62. The number of piperidine rings is 1. The Morgan fingerprint density at radius 2 is 1.93 bits per heavy atom. The first-order chi connectivity index (χ1) is 12.8. The Balaban J connectivity index is 1.65. The Hall–Kier alpha value is -2.58. The molecule has 0 atom stereocenters. The number of alkyl halides is 3. The highest BCUT2D eigenvalue weighted by Gasteiger charge is 2.34. The quantitative estimate of drug-likeness (QED) is 0.884. The van der Waals surface area contributed by atoms with Gasteiger partial charge in [0.2, 0.25) is 5.91 Å². The average Bonchev–Trinajstić information content (AvgIpc) is 3.02. The minimum absolute atomic E-state index is 0.00996. The van der Waals surface area contributed by atoms with Gasteiger partial charge in [-0.15, -0.1) is 0 Å². The number of rotatable bonds is 4. The van der Waals surface area contributed by atoms with Crippen LogP contribution in [0.15, 0.2) is 29.1 Å². The number of hydrogen-bond donors (Lipinski definition) is 1. The first-order valence-electron chi connectivity index (χ1n) is 8.89. The molecule has 1 aliphatic rings. The summed E-state index contributed by atoms with van der Waals surface area (Å²) in [5.74, 6) is 0.410. The molecular formula is C18H21F3N4O2. The molecule has 2 heterocycles. The highest BCUT2D eigenvalue weighted by molar-refractivity contribution is 5.79. The molecule has 9 heteroatoms. The Labute approximate surface area is 154 Å². The molecule has 0 spiro atoms. The summed E-state index contributed by atoms with van der Waals surface area (Å²) in [5, 5.41) is 6.53. The van der Waals surface area contributed by atoms with E-state index in [2.05, 4.69) is 10.2 Å². The number of benzene rings is 1. The van der Waals surface area contributed by atoms with Gasteiger partial charge < -0.3 is 4.90 Å². The average molecular weight is 382 g/mol. The Morgan fingerprint density at radius 1 is 1.26 bits per heavy atom. The first kappa shape index (κ1) is 19.2. The van der Waals surface area contributed by atoms with Gasteiger partial charge in [0.1, 0.15) is 5.82 Å². The minimum Gasteiger partial charge on any atom is -0.342 e. The van der Waals surface area contributed by atoms with Crippen LogP contribution in [0.3, 0.4) is 0 Å². The molecule has 0 radical (unpaired) electrons. The maximum absolute atomic E-state index is 13.1. The van der Waals surface area contributed by atoms with Crippen molar-refractivity contribution in [2.45, 2.75) is 44.8 Å². The van der Waals surface area contributed by atoms with Gasteiger partial charge in [-0.25, -0.2) is 9.89 Å². The number of aromatic amines is 1. The van der Waals surface area contributed by atoms with E-state index >= 15 is 0 Å². The van der Waals surface area contributed by atoms with E-state index in [1.165, 1.54) is 18.2 Å². The van der Waals surface area contributed by atoms with Crippen LogP contribution in [0.5, 0.6) is 0 Å². The molecule has 2 aromatic rings. The Morgan fingerprint density at radius 3 is 2.56 bits per heavy atom. The van der Waals surface area contributed by atoms with Crippen LogP contribution < -0.4 is 5.69 Å². The number of amides is 1. The van der Waals surface area contributed by atoms with Gasteiger partial charge in [0.25, 0.3) is 0 Å². The number of nitrogens with zero attached hydrogens (tertiary/aromatic N) is 3. The number of H-pyrrole nitrogens is 1. The van der Waals surface area contributed by atoms with Crippen LogP contribution >= 0.6 is 0 Å². The van der Waals surface area contributed by atoms with Crippen LogP contribution in [0, 0.1) is 0 Å². The summed E-state index contributed by atoms with van der Waals surface area (Å²) in [5.41, 5.74) is -1.03. The van der Waals surface area contributed by atoms with E-state index < -0.39 is 11.7 Å². The van der Waals surface area contributed by atoms with Crippen LogP contribution in [0.25, 0.3) is 0 Å². The highest BCUT2D eigenvalue weighted by Crippen LogP contribution is 2.32. The minimum atomic E-state index is -4.48. The highest BCUT2D eigenvalue weighted by atomic mass is 19.4. The molecule has 1 aliphatic heterocycles. The smallest absolute Gasteiger partial charge is 0.342 e. The third-order valence-corrected chi connectivity index (χ3v) is 4.98. The SMILES string of the molecule is CCn1c(C2CCN(C(=O)Cc3ccccc3C(F)(F)F)CC2)n[nH]c1=O. The van der Waals surface area contributed by atoms with Crippen molar-refractivity contribution in [1.29, 1.82) is 0 Å². The number of nitrogens with one attached hydrogen (secondary N) is 1. The number of halogens is 3. The molecule has 3 rings (SSSR count). The lowest BCUT2D eigenvalue weighted by Gasteiger charge is -2.31. The van der Waals surface area contributed by atoms with E-state index in [9.17, 15) is 22.8 Å². The second kappa shape index (κ2) is 7.58. The summed E-state index contributed by atoms with van der Waals surface area (Å²) in [6.45, 7) is 3.24. The number of carbonyl (C=O) groups is 1. The van der Waals surface area contributed by atoms with Crippen molar-refractivity contribution < 1.29 is 18.0 Å². The van der Waals surface area contributed by atoms with E-state index in [4.69, 9.17) is 0 Å². The molecule has 0 unspecified atom stereocenters. The number of hydrogen-bond acceptors (Lipinski definition) is 3. The summed E-state index contributed by atoms with van der Waals surface area (Å²) < 4.78 is 40.8. The fourth-order valence-corrected chi connectivity index (χ4v) is 3.56. The van der Waals surface area contributed by atoms with Crippen molar-refractivity contribution in [3.8, 4) is 0 Å². The van der Waals surface area contributed by atoms with Gasteiger partial charge in [0.05, 0.1) is 12.0 Å². The van der Waals surface area contributed by atoms with Crippen molar-refractivity contribution in [2.24, 2.45) is 0 Å². The van der Waals surface area contributed by atoms with Crippen molar-refractivity contribution in [1.82, 2.24) is 19.7 Å². The maximum atomic E-state index is 13.1. The molecular weight excluding hydrogens is 361 g/mol. The summed E-state index contributed by atoms with van der Waals surface area (Å²) in [6.07, 6.45) is -3.51. The third kappa shape index (κ3) is 4.06. The van der Waals surface area contributed by atoms with Crippen molar-refractivity contribution >= 4 is 5.91 Å². The molecule has 0 aliphatic carbocycles. The van der Waals surface area contributed by atoms with Crippen LogP contribution in [0.2, 0.25) is 0 Å². The zero-order valence-corrected chi connectivity index (χ0v) is 14.9. The third-order valence-electron chi connectivity index (χ3n) is 4.98. The van der Waals surface area contributed by atoms with Gasteiger partial charge in [0, 0.05) is 25.6 Å². The van der Waals surface area contributed by atoms with Crippen molar-refractivity contribution in [3.05, 3.63) is 51.7 Å². The Kier molecular flexibility index (Phi) is 5.38. The molecule has 27 heavy (non-hydrogen) atoms. The standard InChI is InChI=1S/C18H21F3N4O2/c1-2-25-16(22-23-17(25)27)12-7-9-24(10-8-12)15(26)11-13-5-3-4-6-14(13)18(19,20)21/h3-6,12H,2,7-11H2,1H3,(H,23,27). The van der Waals surface area contributed by atoms with Gasteiger partial charge in [-0.05, 0) is 31.4 Å². The van der Waals surface area contributed by atoms with Gasteiger partial charge in [-0.2, -0.15) is 18.3 Å². The number of likely N-dealkylation sites (tertiary alicyclic amines) is 1. The topological polar surface area (TPSA) is 71.0 Å². The summed E-state index contributed by atoms with van der Waals surface area (Å²) >= 11 is 0. The van der Waals surface area contributed by atoms with E-state index in [-0.39, 0.29) is 29.5 Å². The molecule has 1 amide bonds. The summed E-state index contributed by atoms with van der Waals surface area (Å²) in [4.78, 5) is 25.8. The van der Waals surface area contributed by atoms with Crippen LogP contribution in [0.1, 0.15) is 42.6 Å². The molecule has 0 bridgehead atoms. The number of aromatic nitrogens is 3. The Bertz CT molecular complexity index is 864. The van der Waals surface area contributed by atoms with Gasteiger partial charge in [0.15, 0.2) is 0 Å². The maximum Gasteiger partial charge on any atom is 0.416 e. The summed E-state index contributed by atoms with van der Waals surface area (Å²) in [7, 11) is 0. The molecule has 1 saturated heterocycles. The van der Waals surface area contributed by atoms with Gasteiger partial charge in [-0.1, -0.05) is 18.2 Å². The lowest BCUT2D eigenvalue weighted by Crippen LogP contribution is -2.39. The molecule has 1 N–H and O–H groups in total. The van der Waals surface area contributed by atoms with E-state index in [1.54, 1.807) is 9.47 Å². The van der Waals surface area contributed by atoms with Gasteiger partial charge in [-0.3, -0.25) is 9.36 Å². The van der Waals surface area contributed by atoms with E-state index in [0.29, 0.717) is 38.3 Å². The fourth-order valence-electron chi connectivity index (χ4n) is 3.56. The van der Waals surface area contributed by atoms with Crippen molar-refractivity contribution in [2.75, 3.05) is 13.1 Å². The predicted octanol–water partition coefficient (Wildman–Crippen LogP) is 2.56. The molecule has 1 fully saturated rings. The van der Waals surface area contributed by atoms with Gasteiger partial charge >= 0.3 is 11.9 Å². The summed E-state index contributed by atoms with van der Waals surface area (Å²) in [6, 6.07) is 5.17. The zero-order valence-electron chi connectivity index (χ0n) is 14.9. The van der Waals surface area contributed by atoms with E-state index in [1.807, 2.05) is 6.92 Å². The van der Waals surface area contributed by atoms with Crippen LogP contribution in [-0.2, 0) is 23.9 Å². The molecule has 6 nitrogen and oxygen atoms in total. The molecule has 0 saturated carbocycles. The van der Waals surface area contributed by atoms with Crippen LogP contribution in [0.4, 0.5) is 13.2 Å². The predicted molar refractivity (Wildman–Crippen MR) is 92.2 cm³/mol. The first-order valence-corrected chi connectivity index (χ1v) is 8.89. The normalized spacial score (nSPS) is 15.9. The lowest BCUT2D eigenvalue weighted by molar-refractivity contribution is -0.138. The van der Waals surface area contributed by atoms with Crippen LogP contribution in [-0.4, -0.2) is 38.7 Å².